The lowest BCUT2D eigenvalue weighted by Gasteiger charge is -2.35. The van der Waals surface area contributed by atoms with Crippen LogP contribution in [0.3, 0.4) is 0 Å². The topological polar surface area (TPSA) is 114 Å². The van der Waals surface area contributed by atoms with Gasteiger partial charge in [-0.3, -0.25) is 14.4 Å². The van der Waals surface area contributed by atoms with E-state index < -0.39 is 29.7 Å². The van der Waals surface area contributed by atoms with Crippen LogP contribution >= 0.6 is 11.8 Å². The van der Waals surface area contributed by atoms with Gasteiger partial charge >= 0.3 is 12.1 Å². The minimum atomic E-state index is -0.908. The first-order valence-electron chi connectivity index (χ1n) is 13.2. The molecule has 1 aromatic rings. The number of benzene rings is 1. The van der Waals surface area contributed by atoms with Crippen LogP contribution in [-0.4, -0.2) is 71.6 Å². The molecule has 1 aliphatic carbocycles. The van der Waals surface area contributed by atoms with E-state index in [1.54, 1.807) is 44.4 Å². The van der Waals surface area contributed by atoms with Crippen LogP contribution < -0.4 is 10.6 Å². The lowest BCUT2D eigenvalue weighted by Crippen LogP contribution is -2.54. The average Bonchev–Trinajstić information content (AvgIpc) is 3.66. The molecule has 38 heavy (non-hydrogen) atoms. The van der Waals surface area contributed by atoms with Crippen molar-refractivity contribution in [3.63, 3.8) is 0 Å². The van der Waals surface area contributed by atoms with Gasteiger partial charge in [-0.15, -0.1) is 0 Å². The number of hydrogen-bond acceptors (Lipinski definition) is 7. The van der Waals surface area contributed by atoms with Crippen LogP contribution in [0.4, 0.5) is 4.79 Å². The van der Waals surface area contributed by atoms with Crippen LogP contribution in [-0.2, 0) is 23.9 Å². The van der Waals surface area contributed by atoms with Gasteiger partial charge in [0.15, 0.2) is 0 Å². The highest BCUT2D eigenvalue weighted by molar-refractivity contribution is 7.98. The Hall–Kier alpha value is -2.75. The maximum atomic E-state index is 14.1. The van der Waals surface area contributed by atoms with Crippen molar-refractivity contribution in [2.75, 3.05) is 25.2 Å². The molecule has 1 aliphatic rings. The van der Waals surface area contributed by atoms with Crippen LogP contribution in [0, 0.1) is 13.8 Å². The number of ether oxygens (including phenoxy) is 2. The van der Waals surface area contributed by atoms with Gasteiger partial charge in [-0.25, -0.2) is 4.79 Å². The summed E-state index contributed by atoms with van der Waals surface area (Å²) in [6.07, 6.45) is 3.23. The fourth-order valence-corrected chi connectivity index (χ4v) is 4.57. The van der Waals surface area contributed by atoms with Gasteiger partial charge in [0.1, 0.15) is 17.7 Å². The first-order chi connectivity index (χ1) is 17.9. The third-order valence-corrected chi connectivity index (χ3v) is 6.84. The Bertz CT molecular complexity index is 989. The molecule has 3 amide bonds. The summed E-state index contributed by atoms with van der Waals surface area (Å²) in [6, 6.07) is 3.81. The van der Waals surface area contributed by atoms with Crippen molar-refractivity contribution < 1.29 is 28.7 Å². The van der Waals surface area contributed by atoms with E-state index in [0.717, 1.165) is 29.5 Å². The number of rotatable bonds is 13. The standard InChI is InChI=1S/C28H43N3O6S/c1-8-36-23(32)14-16-29-25(33)24(21-11-9-10-18(2)19(21)3)31(20-12-13-20)26(34)22(15-17-38-7)30-27(35)37-28(4,5)6/h9-11,20,22,24H,8,12-17H2,1-7H3,(H,29,33)(H,30,35). The minimum Gasteiger partial charge on any atom is -0.466 e. The summed E-state index contributed by atoms with van der Waals surface area (Å²) in [6.45, 7) is 11.3. The third-order valence-electron chi connectivity index (χ3n) is 6.20. The number of hydrogen-bond donors (Lipinski definition) is 2. The summed E-state index contributed by atoms with van der Waals surface area (Å²) in [7, 11) is 0. The molecular formula is C28H43N3O6S. The summed E-state index contributed by atoms with van der Waals surface area (Å²) in [5.74, 6) is -0.446. The zero-order valence-electron chi connectivity index (χ0n) is 23.7. The number of esters is 1. The van der Waals surface area contributed by atoms with Crippen molar-refractivity contribution in [1.29, 1.82) is 0 Å². The largest absolute Gasteiger partial charge is 0.466 e. The second kappa shape index (κ2) is 14.4. The SMILES string of the molecule is CCOC(=O)CCNC(=O)C(c1cccc(C)c1C)N(C(=O)C(CCSC)NC(=O)OC(C)(C)C)C1CC1. The predicted molar refractivity (Wildman–Crippen MR) is 149 cm³/mol. The Morgan fingerprint density at radius 1 is 1.16 bits per heavy atom. The molecule has 0 aromatic heterocycles. The summed E-state index contributed by atoms with van der Waals surface area (Å²) < 4.78 is 10.4. The molecule has 9 nitrogen and oxygen atoms in total. The molecule has 0 saturated heterocycles. The zero-order valence-corrected chi connectivity index (χ0v) is 24.5. The normalized spacial score (nSPS) is 14.7. The molecule has 1 saturated carbocycles. The summed E-state index contributed by atoms with van der Waals surface area (Å²) in [5.41, 5.74) is 1.92. The van der Waals surface area contributed by atoms with Crippen molar-refractivity contribution in [3.8, 4) is 0 Å². The second-order valence-corrected chi connectivity index (χ2v) is 11.5. The molecule has 2 unspecified atom stereocenters. The number of nitrogens with one attached hydrogen (secondary N) is 2. The molecule has 2 atom stereocenters. The molecule has 10 heteroatoms. The molecule has 0 spiro atoms. The molecule has 0 aliphatic heterocycles. The maximum absolute atomic E-state index is 14.1. The summed E-state index contributed by atoms with van der Waals surface area (Å²) in [4.78, 5) is 53.9. The van der Waals surface area contributed by atoms with E-state index in [0.29, 0.717) is 12.2 Å². The maximum Gasteiger partial charge on any atom is 0.408 e. The van der Waals surface area contributed by atoms with Gasteiger partial charge in [-0.05, 0) is 89.5 Å². The van der Waals surface area contributed by atoms with Crippen LogP contribution in [0.2, 0.25) is 0 Å². The molecule has 2 rings (SSSR count). The quantitative estimate of drug-likeness (QED) is 0.357. The lowest BCUT2D eigenvalue weighted by atomic mass is 9.94. The van der Waals surface area contributed by atoms with E-state index in [4.69, 9.17) is 9.47 Å². The van der Waals surface area contributed by atoms with E-state index in [9.17, 15) is 19.2 Å². The Labute approximate surface area is 230 Å². The van der Waals surface area contributed by atoms with Crippen molar-refractivity contribution in [2.45, 2.75) is 91.0 Å². The molecule has 0 radical (unpaired) electrons. The van der Waals surface area contributed by atoms with Crippen molar-refractivity contribution in [1.82, 2.24) is 15.5 Å². The molecule has 1 fully saturated rings. The van der Waals surface area contributed by atoms with Gasteiger partial charge in [-0.2, -0.15) is 11.8 Å². The van der Waals surface area contributed by atoms with Crippen LogP contribution in [0.1, 0.15) is 76.1 Å². The van der Waals surface area contributed by atoms with E-state index in [-0.39, 0.29) is 37.4 Å². The molecule has 0 bridgehead atoms. The first kappa shape index (κ1) is 31.5. The number of carbonyl (C=O) groups is 4. The van der Waals surface area contributed by atoms with Gasteiger partial charge < -0.3 is 25.0 Å². The molecule has 0 heterocycles. The van der Waals surface area contributed by atoms with E-state index in [2.05, 4.69) is 10.6 Å². The molecule has 1 aromatic carbocycles. The smallest absolute Gasteiger partial charge is 0.408 e. The second-order valence-electron chi connectivity index (χ2n) is 10.5. The van der Waals surface area contributed by atoms with E-state index in [1.807, 2.05) is 38.3 Å². The molecular weight excluding hydrogens is 506 g/mol. The number of amides is 3. The van der Waals surface area contributed by atoms with Crippen molar-refractivity contribution in [2.24, 2.45) is 0 Å². The van der Waals surface area contributed by atoms with Gasteiger partial charge in [-0.1, -0.05) is 18.2 Å². The molecule has 212 valence electrons. The predicted octanol–water partition coefficient (Wildman–Crippen LogP) is 4.05. The van der Waals surface area contributed by atoms with Crippen molar-refractivity contribution >= 4 is 35.6 Å². The van der Waals surface area contributed by atoms with E-state index in [1.165, 1.54) is 0 Å². The number of thioether (sulfide) groups is 1. The van der Waals surface area contributed by atoms with Crippen LogP contribution in [0.25, 0.3) is 0 Å². The highest BCUT2D eigenvalue weighted by Gasteiger charge is 2.44. The number of alkyl carbamates (subject to hydrolysis) is 1. The number of carbonyl (C=O) groups excluding carboxylic acids is 4. The van der Waals surface area contributed by atoms with Gasteiger partial charge in [0.05, 0.1) is 13.0 Å². The van der Waals surface area contributed by atoms with E-state index >= 15 is 0 Å². The fraction of sp³-hybridized carbons (Fsp3) is 0.643. The average molecular weight is 550 g/mol. The van der Waals surface area contributed by atoms with Gasteiger partial charge in [0, 0.05) is 12.6 Å². The summed E-state index contributed by atoms with van der Waals surface area (Å²) in [5, 5.41) is 5.60. The zero-order chi connectivity index (χ0) is 28.5. The summed E-state index contributed by atoms with van der Waals surface area (Å²) >= 11 is 1.57. The van der Waals surface area contributed by atoms with Crippen LogP contribution in [0.5, 0.6) is 0 Å². The van der Waals surface area contributed by atoms with Gasteiger partial charge in [0.2, 0.25) is 11.8 Å². The minimum absolute atomic E-state index is 0.0347. The fourth-order valence-electron chi connectivity index (χ4n) is 4.10. The molecule has 2 N–H and O–H groups in total. The first-order valence-corrected chi connectivity index (χ1v) is 14.6. The Kier molecular flexibility index (Phi) is 11.9. The number of aryl methyl sites for hydroxylation is 1. The monoisotopic (exact) mass is 549 g/mol. The lowest BCUT2D eigenvalue weighted by molar-refractivity contribution is -0.144. The highest BCUT2D eigenvalue weighted by Crippen LogP contribution is 2.37. The van der Waals surface area contributed by atoms with Gasteiger partial charge in [0.25, 0.3) is 0 Å². The Morgan fingerprint density at radius 2 is 1.84 bits per heavy atom. The Balaban J connectivity index is 2.41. The third kappa shape index (κ3) is 9.53. The van der Waals surface area contributed by atoms with Crippen molar-refractivity contribution in [3.05, 3.63) is 34.9 Å². The Morgan fingerprint density at radius 3 is 2.42 bits per heavy atom. The highest BCUT2D eigenvalue weighted by atomic mass is 32.2. The van der Waals surface area contributed by atoms with Crippen LogP contribution in [0.15, 0.2) is 18.2 Å². The number of nitrogens with zero attached hydrogens (tertiary/aromatic N) is 1.